The number of rotatable bonds is 3. The summed E-state index contributed by atoms with van der Waals surface area (Å²) in [6.07, 6.45) is 4.39. The van der Waals surface area contributed by atoms with Crippen LogP contribution in [0.2, 0.25) is 0 Å². The Kier molecular flexibility index (Phi) is 3.07. The van der Waals surface area contributed by atoms with Gasteiger partial charge < -0.3 is 5.11 Å². The molecule has 1 saturated heterocycles. The highest BCUT2D eigenvalue weighted by Crippen LogP contribution is 2.20. The molecule has 1 fully saturated rings. The number of aliphatic hydroxyl groups is 1. The van der Waals surface area contributed by atoms with Crippen molar-refractivity contribution >= 4 is 0 Å². The summed E-state index contributed by atoms with van der Waals surface area (Å²) in [6.45, 7) is 4.34. The lowest BCUT2D eigenvalue weighted by Gasteiger charge is -2.22. The van der Waals surface area contributed by atoms with E-state index in [1.807, 2.05) is 18.7 Å². The topological polar surface area (TPSA) is 41.3 Å². The SMILES string of the molecule is Cc1nn(C)cc1CN1CCC[C@@H]1CO. The molecule has 0 bridgehead atoms. The maximum absolute atomic E-state index is 9.23. The van der Waals surface area contributed by atoms with Crippen molar-refractivity contribution in [1.29, 1.82) is 0 Å². The fourth-order valence-corrected chi connectivity index (χ4v) is 2.33. The number of aromatic nitrogens is 2. The number of nitrogens with zero attached hydrogens (tertiary/aromatic N) is 3. The van der Waals surface area contributed by atoms with Gasteiger partial charge in [-0.1, -0.05) is 0 Å². The summed E-state index contributed by atoms with van der Waals surface area (Å²) in [4.78, 5) is 2.35. The van der Waals surface area contributed by atoms with E-state index in [4.69, 9.17) is 0 Å². The van der Waals surface area contributed by atoms with E-state index in [1.165, 1.54) is 12.0 Å². The van der Waals surface area contributed by atoms with Gasteiger partial charge in [0.1, 0.15) is 0 Å². The van der Waals surface area contributed by atoms with Gasteiger partial charge in [0.2, 0.25) is 0 Å². The van der Waals surface area contributed by atoms with Crippen molar-refractivity contribution in [1.82, 2.24) is 14.7 Å². The maximum atomic E-state index is 9.23. The van der Waals surface area contributed by atoms with Gasteiger partial charge in [0.15, 0.2) is 0 Å². The molecule has 4 heteroatoms. The zero-order chi connectivity index (χ0) is 10.8. The monoisotopic (exact) mass is 209 g/mol. The lowest BCUT2D eigenvalue weighted by molar-refractivity contribution is 0.153. The van der Waals surface area contributed by atoms with E-state index >= 15 is 0 Å². The van der Waals surface area contributed by atoms with Crippen LogP contribution >= 0.6 is 0 Å². The molecular weight excluding hydrogens is 190 g/mol. The second-order valence-corrected chi connectivity index (χ2v) is 4.36. The second kappa shape index (κ2) is 4.33. The van der Waals surface area contributed by atoms with Gasteiger partial charge in [0, 0.05) is 31.4 Å². The Morgan fingerprint density at radius 2 is 2.40 bits per heavy atom. The standard InChI is InChI=1S/C11H19N3O/c1-9-10(6-13(2)12-9)7-14-5-3-4-11(14)8-15/h6,11,15H,3-5,7-8H2,1-2H3/t11-/m1/s1. The number of hydrogen-bond donors (Lipinski definition) is 1. The van der Waals surface area contributed by atoms with Crippen LogP contribution in [0.25, 0.3) is 0 Å². The van der Waals surface area contributed by atoms with Crippen LogP contribution in [0, 0.1) is 6.92 Å². The summed E-state index contributed by atoms with van der Waals surface area (Å²) < 4.78 is 1.86. The highest BCUT2D eigenvalue weighted by atomic mass is 16.3. The Hall–Kier alpha value is -0.870. The molecule has 4 nitrogen and oxygen atoms in total. The average molecular weight is 209 g/mol. The van der Waals surface area contributed by atoms with E-state index in [-0.39, 0.29) is 6.61 Å². The number of aryl methyl sites for hydroxylation is 2. The third kappa shape index (κ3) is 2.21. The van der Waals surface area contributed by atoms with E-state index in [1.54, 1.807) is 0 Å². The zero-order valence-electron chi connectivity index (χ0n) is 9.48. The Balaban J connectivity index is 2.05. The number of likely N-dealkylation sites (tertiary alicyclic amines) is 1. The van der Waals surface area contributed by atoms with Gasteiger partial charge in [-0.05, 0) is 26.3 Å². The molecule has 1 aliphatic heterocycles. The van der Waals surface area contributed by atoms with E-state index < -0.39 is 0 Å². The van der Waals surface area contributed by atoms with Gasteiger partial charge >= 0.3 is 0 Å². The molecule has 2 rings (SSSR count). The molecule has 15 heavy (non-hydrogen) atoms. The van der Waals surface area contributed by atoms with Crippen LogP contribution in [0.5, 0.6) is 0 Å². The second-order valence-electron chi connectivity index (χ2n) is 4.36. The third-order valence-corrected chi connectivity index (χ3v) is 3.20. The molecule has 0 aliphatic carbocycles. The van der Waals surface area contributed by atoms with Gasteiger partial charge in [0.25, 0.3) is 0 Å². The van der Waals surface area contributed by atoms with Gasteiger partial charge in [-0.25, -0.2) is 0 Å². The number of aliphatic hydroxyl groups excluding tert-OH is 1. The lowest BCUT2D eigenvalue weighted by atomic mass is 10.2. The molecule has 2 heterocycles. The van der Waals surface area contributed by atoms with E-state index in [9.17, 15) is 5.11 Å². The van der Waals surface area contributed by atoms with Crippen LogP contribution in [0.1, 0.15) is 24.1 Å². The van der Waals surface area contributed by atoms with E-state index in [0.29, 0.717) is 6.04 Å². The van der Waals surface area contributed by atoms with E-state index in [2.05, 4.69) is 16.2 Å². The lowest BCUT2D eigenvalue weighted by Crippen LogP contribution is -2.31. The first-order valence-corrected chi connectivity index (χ1v) is 5.54. The normalized spacial score (nSPS) is 22.5. The summed E-state index contributed by atoms with van der Waals surface area (Å²) in [5.41, 5.74) is 2.37. The fourth-order valence-electron chi connectivity index (χ4n) is 2.33. The van der Waals surface area contributed by atoms with Crippen molar-refractivity contribution in [3.8, 4) is 0 Å². The van der Waals surface area contributed by atoms with Crippen LogP contribution in [-0.4, -0.2) is 39.0 Å². The molecule has 1 N–H and O–H groups in total. The molecule has 0 amide bonds. The molecule has 84 valence electrons. The summed E-state index contributed by atoms with van der Waals surface area (Å²) in [5.74, 6) is 0. The average Bonchev–Trinajstić information content (AvgIpc) is 2.74. The van der Waals surface area contributed by atoms with Crippen LogP contribution in [-0.2, 0) is 13.6 Å². The van der Waals surface area contributed by atoms with Crippen molar-refractivity contribution < 1.29 is 5.11 Å². The molecule has 0 aromatic carbocycles. The van der Waals surface area contributed by atoms with Crippen LogP contribution < -0.4 is 0 Å². The van der Waals surface area contributed by atoms with Crippen molar-refractivity contribution in [2.45, 2.75) is 32.4 Å². The minimum atomic E-state index is 0.277. The predicted octanol–water partition coefficient (Wildman–Crippen LogP) is 0.685. The van der Waals surface area contributed by atoms with E-state index in [0.717, 1.165) is 25.2 Å². The quantitative estimate of drug-likeness (QED) is 0.796. The zero-order valence-corrected chi connectivity index (χ0v) is 9.48. The van der Waals surface area contributed by atoms with Crippen molar-refractivity contribution in [2.75, 3.05) is 13.2 Å². The highest BCUT2D eigenvalue weighted by Gasteiger charge is 2.24. The van der Waals surface area contributed by atoms with Crippen molar-refractivity contribution in [3.63, 3.8) is 0 Å². The Morgan fingerprint density at radius 1 is 1.60 bits per heavy atom. The smallest absolute Gasteiger partial charge is 0.0638 e. The van der Waals surface area contributed by atoms with Crippen LogP contribution in [0.4, 0.5) is 0 Å². The molecule has 1 atom stereocenters. The van der Waals surface area contributed by atoms with Gasteiger partial charge in [-0.3, -0.25) is 9.58 Å². The minimum absolute atomic E-state index is 0.277. The van der Waals surface area contributed by atoms with Gasteiger partial charge in [-0.2, -0.15) is 5.10 Å². The molecular formula is C11H19N3O. The van der Waals surface area contributed by atoms with Gasteiger partial charge in [0.05, 0.1) is 12.3 Å². The predicted molar refractivity (Wildman–Crippen MR) is 58.5 cm³/mol. The molecule has 1 aromatic heterocycles. The minimum Gasteiger partial charge on any atom is -0.395 e. The fraction of sp³-hybridized carbons (Fsp3) is 0.727. The van der Waals surface area contributed by atoms with Gasteiger partial charge in [-0.15, -0.1) is 0 Å². The van der Waals surface area contributed by atoms with Crippen LogP contribution in [0.15, 0.2) is 6.20 Å². The largest absolute Gasteiger partial charge is 0.395 e. The van der Waals surface area contributed by atoms with Crippen LogP contribution in [0.3, 0.4) is 0 Å². The Morgan fingerprint density at radius 3 is 3.00 bits per heavy atom. The summed E-state index contributed by atoms with van der Waals surface area (Å²) in [5, 5.41) is 13.6. The number of hydrogen-bond acceptors (Lipinski definition) is 3. The Labute approximate surface area is 90.5 Å². The summed E-state index contributed by atoms with van der Waals surface area (Å²) in [6, 6.07) is 0.351. The molecule has 1 aliphatic rings. The molecule has 1 aromatic rings. The maximum Gasteiger partial charge on any atom is 0.0638 e. The van der Waals surface area contributed by atoms with Crippen molar-refractivity contribution in [2.24, 2.45) is 7.05 Å². The summed E-state index contributed by atoms with van der Waals surface area (Å²) >= 11 is 0. The first-order chi connectivity index (χ1) is 7.20. The first kappa shape index (κ1) is 10.6. The third-order valence-electron chi connectivity index (χ3n) is 3.20. The first-order valence-electron chi connectivity index (χ1n) is 5.54. The molecule has 0 radical (unpaired) electrons. The molecule has 0 spiro atoms. The highest BCUT2D eigenvalue weighted by molar-refractivity contribution is 5.15. The Bertz CT molecular complexity index is 335. The summed E-state index contributed by atoms with van der Waals surface area (Å²) in [7, 11) is 1.95. The molecule has 0 saturated carbocycles. The molecule has 0 unspecified atom stereocenters. The van der Waals surface area contributed by atoms with Crippen molar-refractivity contribution in [3.05, 3.63) is 17.5 Å².